The summed E-state index contributed by atoms with van der Waals surface area (Å²) in [4.78, 5) is 13.6. The standard InChI is InChI=1S/C20H27N5O2/c1-16(2)26-12-11-25-15-21-13-17(25)14-23-7-9-24(10-8-23)20-22-18-5-3-4-6-19(18)27-20/h3-6,13,15-16H,7-12,14H2,1-2H3. The van der Waals surface area contributed by atoms with Crippen LogP contribution in [0.25, 0.3) is 11.1 Å². The number of para-hydroxylation sites is 2. The van der Waals surface area contributed by atoms with Crippen LogP contribution in [-0.4, -0.2) is 58.3 Å². The van der Waals surface area contributed by atoms with Gasteiger partial charge in [-0.2, -0.15) is 4.98 Å². The van der Waals surface area contributed by atoms with E-state index in [2.05, 4.69) is 38.2 Å². The van der Waals surface area contributed by atoms with Gasteiger partial charge in [0.15, 0.2) is 5.58 Å². The number of hydrogen-bond acceptors (Lipinski definition) is 6. The van der Waals surface area contributed by atoms with Crippen molar-refractivity contribution in [2.75, 3.05) is 37.7 Å². The van der Waals surface area contributed by atoms with Gasteiger partial charge in [0.25, 0.3) is 6.01 Å². The number of imidazole rings is 1. The van der Waals surface area contributed by atoms with Crippen LogP contribution in [0.1, 0.15) is 19.5 Å². The molecule has 3 heterocycles. The Balaban J connectivity index is 1.31. The van der Waals surface area contributed by atoms with E-state index < -0.39 is 0 Å². The molecule has 1 aromatic carbocycles. The predicted octanol–water partition coefficient (Wildman–Crippen LogP) is 2.77. The molecular formula is C20H27N5O2. The van der Waals surface area contributed by atoms with Gasteiger partial charge in [-0.15, -0.1) is 0 Å². The van der Waals surface area contributed by atoms with E-state index >= 15 is 0 Å². The average Bonchev–Trinajstić information content (AvgIpc) is 3.29. The molecule has 7 heteroatoms. The van der Waals surface area contributed by atoms with Crippen LogP contribution < -0.4 is 4.90 Å². The lowest BCUT2D eigenvalue weighted by Crippen LogP contribution is -2.46. The number of anilines is 1. The number of oxazole rings is 1. The smallest absolute Gasteiger partial charge is 0.298 e. The summed E-state index contributed by atoms with van der Waals surface area (Å²) in [5.41, 5.74) is 3.00. The fourth-order valence-corrected chi connectivity index (χ4v) is 3.39. The van der Waals surface area contributed by atoms with Gasteiger partial charge in [0.05, 0.1) is 24.7 Å². The number of aromatic nitrogens is 3. The number of piperazine rings is 1. The third-order valence-corrected chi connectivity index (χ3v) is 4.89. The van der Waals surface area contributed by atoms with Crippen LogP contribution in [0.5, 0.6) is 0 Å². The van der Waals surface area contributed by atoms with E-state index in [4.69, 9.17) is 9.15 Å². The van der Waals surface area contributed by atoms with Crippen molar-refractivity contribution in [2.24, 2.45) is 0 Å². The zero-order chi connectivity index (χ0) is 18.6. The minimum atomic E-state index is 0.261. The van der Waals surface area contributed by atoms with E-state index in [1.165, 1.54) is 5.69 Å². The molecule has 0 radical (unpaired) electrons. The van der Waals surface area contributed by atoms with E-state index in [-0.39, 0.29) is 6.10 Å². The van der Waals surface area contributed by atoms with Crippen LogP contribution >= 0.6 is 0 Å². The monoisotopic (exact) mass is 369 g/mol. The van der Waals surface area contributed by atoms with Gasteiger partial charge < -0.3 is 18.6 Å². The molecule has 7 nitrogen and oxygen atoms in total. The quantitative estimate of drug-likeness (QED) is 0.638. The zero-order valence-corrected chi connectivity index (χ0v) is 16.0. The zero-order valence-electron chi connectivity index (χ0n) is 16.0. The maximum absolute atomic E-state index is 5.90. The Morgan fingerprint density at radius 1 is 1.15 bits per heavy atom. The first-order valence-electron chi connectivity index (χ1n) is 9.62. The Kier molecular flexibility index (Phi) is 5.40. The van der Waals surface area contributed by atoms with Gasteiger partial charge in [-0.05, 0) is 26.0 Å². The predicted molar refractivity (Wildman–Crippen MR) is 105 cm³/mol. The van der Waals surface area contributed by atoms with E-state index in [9.17, 15) is 0 Å². The highest BCUT2D eigenvalue weighted by Gasteiger charge is 2.21. The largest absolute Gasteiger partial charge is 0.423 e. The highest BCUT2D eigenvalue weighted by molar-refractivity contribution is 5.74. The van der Waals surface area contributed by atoms with Gasteiger partial charge >= 0.3 is 0 Å². The first-order valence-corrected chi connectivity index (χ1v) is 9.62. The van der Waals surface area contributed by atoms with Crippen LogP contribution in [-0.2, 0) is 17.8 Å². The van der Waals surface area contributed by atoms with Gasteiger partial charge in [-0.25, -0.2) is 4.98 Å². The Labute approximate surface area is 159 Å². The van der Waals surface area contributed by atoms with E-state index in [0.29, 0.717) is 6.61 Å². The summed E-state index contributed by atoms with van der Waals surface area (Å²) in [7, 11) is 0. The second-order valence-corrected chi connectivity index (χ2v) is 7.23. The Hall–Kier alpha value is -2.38. The Bertz CT molecular complexity index is 831. The van der Waals surface area contributed by atoms with Crippen molar-refractivity contribution in [1.29, 1.82) is 0 Å². The molecule has 4 rings (SSSR count). The van der Waals surface area contributed by atoms with Crippen LogP contribution in [0.2, 0.25) is 0 Å². The van der Waals surface area contributed by atoms with Crippen molar-refractivity contribution in [2.45, 2.75) is 33.0 Å². The van der Waals surface area contributed by atoms with Crippen molar-refractivity contribution in [3.8, 4) is 0 Å². The molecule has 0 bridgehead atoms. The summed E-state index contributed by atoms with van der Waals surface area (Å²) < 4.78 is 13.8. The fourth-order valence-electron chi connectivity index (χ4n) is 3.39. The van der Waals surface area contributed by atoms with E-state index in [1.807, 2.05) is 36.8 Å². The Morgan fingerprint density at radius 2 is 1.96 bits per heavy atom. The van der Waals surface area contributed by atoms with Crippen molar-refractivity contribution in [3.63, 3.8) is 0 Å². The number of nitrogens with zero attached hydrogens (tertiary/aromatic N) is 5. The molecule has 0 unspecified atom stereocenters. The van der Waals surface area contributed by atoms with Gasteiger partial charge in [-0.1, -0.05) is 12.1 Å². The van der Waals surface area contributed by atoms with Crippen LogP contribution in [0, 0.1) is 0 Å². The third kappa shape index (κ3) is 4.31. The van der Waals surface area contributed by atoms with Crippen molar-refractivity contribution >= 4 is 17.1 Å². The first kappa shape index (κ1) is 18.0. The molecule has 144 valence electrons. The summed E-state index contributed by atoms with van der Waals surface area (Å²) >= 11 is 0. The molecule has 0 spiro atoms. The fraction of sp³-hybridized carbons (Fsp3) is 0.500. The normalized spacial score (nSPS) is 15.9. The van der Waals surface area contributed by atoms with Gasteiger partial charge in [-0.3, -0.25) is 4.90 Å². The van der Waals surface area contributed by atoms with Crippen LogP contribution in [0.15, 0.2) is 41.2 Å². The Morgan fingerprint density at radius 3 is 2.74 bits per heavy atom. The molecule has 1 fully saturated rings. The summed E-state index contributed by atoms with van der Waals surface area (Å²) in [6.45, 7) is 10.4. The maximum Gasteiger partial charge on any atom is 0.298 e. The first-order chi connectivity index (χ1) is 13.2. The number of ether oxygens (including phenoxy) is 1. The molecule has 0 atom stereocenters. The van der Waals surface area contributed by atoms with Crippen molar-refractivity contribution < 1.29 is 9.15 Å². The lowest BCUT2D eigenvalue weighted by Gasteiger charge is -2.33. The lowest BCUT2D eigenvalue weighted by molar-refractivity contribution is 0.0719. The van der Waals surface area contributed by atoms with Crippen molar-refractivity contribution in [1.82, 2.24) is 19.4 Å². The molecule has 27 heavy (non-hydrogen) atoms. The second-order valence-electron chi connectivity index (χ2n) is 7.23. The van der Waals surface area contributed by atoms with Crippen LogP contribution in [0.4, 0.5) is 6.01 Å². The number of rotatable bonds is 7. The highest BCUT2D eigenvalue weighted by Crippen LogP contribution is 2.22. The molecule has 3 aromatic rings. The molecule has 1 aliphatic heterocycles. The molecule has 0 amide bonds. The van der Waals surface area contributed by atoms with Gasteiger partial charge in [0.1, 0.15) is 5.52 Å². The number of hydrogen-bond donors (Lipinski definition) is 0. The SMILES string of the molecule is CC(C)OCCn1cncc1CN1CCN(c2nc3ccccc3o2)CC1. The summed E-state index contributed by atoms with van der Waals surface area (Å²) in [6.07, 6.45) is 4.12. The van der Waals surface area contributed by atoms with Crippen molar-refractivity contribution in [3.05, 3.63) is 42.5 Å². The highest BCUT2D eigenvalue weighted by atomic mass is 16.5. The molecule has 0 N–H and O–H groups in total. The topological polar surface area (TPSA) is 59.6 Å². The average molecular weight is 369 g/mol. The lowest BCUT2D eigenvalue weighted by atomic mass is 10.3. The van der Waals surface area contributed by atoms with Gasteiger partial charge in [0, 0.05) is 45.5 Å². The summed E-state index contributed by atoms with van der Waals surface area (Å²) in [6, 6.07) is 8.65. The number of fused-ring (bicyclic) bond motifs is 1. The second kappa shape index (κ2) is 8.10. The third-order valence-electron chi connectivity index (χ3n) is 4.89. The molecule has 0 aliphatic carbocycles. The summed E-state index contributed by atoms with van der Waals surface area (Å²) in [5, 5.41) is 0. The maximum atomic E-state index is 5.90. The van der Waals surface area contributed by atoms with Gasteiger partial charge in [0.2, 0.25) is 0 Å². The minimum absolute atomic E-state index is 0.261. The number of benzene rings is 1. The molecule has 1 aliphatic rings. The molecular weight excluding hydrogens is 342 g/mol. The van der Waals surface area contributed by atoms with E-state index in [0.717, 1.165) is 56.4 Å². The molecule has 0 saturated carbocycles. The molecule has 2 aromatic heterocycles. The van der Waals surface area contributed by atoms with E-state index in [1.54, 1.807) is 0 Å². The molecule has 1 saturated heterocycles. The summed E-state index contributed by atoms with van der Waals surface area (Å²) in [5.74, 6) is 0. The van der Waals surface area contributed by atoms with Crippen LogP contribution in [0.3, 0.4) is 0 Å². The minimum Gasteiger partial charge on any atom is -0.423 e.